The van der Waals surface area contributed by atoms with E-state index in [0.29, 0.717) is 11.7 Å². The zero-order chi connectivity index (χ0) is 15.6. The molecule has 120 valence electrons. The van der Waals surface area contributed by atoms with Crippen LogP contribution in [0.1, 0.15) is 12.8 Å². The van der Waals surface area contributed by atoms with Crippen LogP contribution in [0.5, 0.6) is 0 Å². The molecule has 2 bridgehead atoms. The van der Waals surface area contributed by atoms with Gasteiger partial charge in [-0.2, -0.15) is 0 Å². The van der Waals surface area contributed by atoms with Crippen molar-refractivity contribution in [3.05, 3.63) is 35.8 Å². The summed E-state index contributed by atoms with van der Waals surface area (Å²) in [5.41, 5.74) is 2.79. The van der Waals surface area contributed by atoms with E-state index in [0.717, 1.165) is 36.5 Å². The standard InChI is InChI=1S/C17H19N3O2S/c21-17(22-14-10-20-8-4-7-13(14)9-20)19-16-15(23-11-18-16)12-5-2-1-3-6-12/h1-3,5-6,11,13-14H,4,7-10H2,(H,19,21). The van der Waals surface area contributed by atoms with Gasteiger partial charge in [0.2, 0.25) is 0 Å². The van der Waals surface area contributed by atoms with Crippen LogP contribution < -0.4 is 5.32 Å². The van der Waals surface area contributed by atoms with Crippen molar-refractivity contribution in [2.75, 3.05) is 25.0 Å². The third-order valence-corrected chi connectivity index (χ3v) is 5.46. The topological polar surface area (TPSA) is 54.5 Å². The molecule has 2 fully saturated rings. The van der Waals surface area contributed by atoms with Crippen LogP contribution in [0.4, 0.5) is 10.6 Å². The SMILES string of the molecule is O=C(Nc1ncsc1-c1ccccc1)OC1CN2CCCC1C2. The van der Waals surface area contributed by atoms with E-state index in [2.05, 4.69) is 15.2 Å². The number of carbonyl (C=O) groups is 1. The van der Waals surface area contributed by atoms with Crippen LogP contribution in [0.3, 0.4) is 0 Å². The molecule has 0 saturated carbocycles. The first-order valence-corrected chi connectivity index (χ1v) is 8.86. The second-order valence-electron chi connectivity index (χ2n) is 6.13. The number of hydrogen-bond acceptors (Lipinski definition) is 5. The Morgan fingerprint density at radius 3 is 3.00 bits per heavy atom. The summed E-state index contributed by atoms with van der Waals surface area (Å²) in [7, 11) is 0. The molecule has 3 atom stereocenters. The minimum atomic E-state index is -0.396. The summed E-state index contributed by atoms with van der Waals surface area (Å²) in [6.45, 7) is 3.05. The molecule has 3 heterocycles. The molecule has 2 aliphatic rings. The monoisotopic (exact) mass is 329 g/mol. The number of carbonyl (C=O) groups excluding carboxylic acids is 1. The van der Waals surface area contributed by atoms with E-state index in [1.165, 1.54) is 17.8 Å². The Balaban J connectivity index is 1.43. The Kier molecular flexibility index (Phi) is 4.01. The Bertz CT molecular complexity index is 688. The first-order chi connectivity index (χ1) is 11.3. The Labute approximate surface area is 139 Å². The van der Waals surface area contributed by atoms with Crippen molar-refractivity contribution in [3.8, 4) is 10.4 Å². The second kappa shape index (κ2) is 6.29. The minimum absolute atomic E-state index is 0.0105. The number of thiazole rings is 1. The maximum absolute atomic E-state index is 12.3. The number of rotatable bonds is 3. The molecule has 1 N–H and O–H groups in total. The van der Waals surface area contributed by atoms with E-state index in [1.807, 2.05) is 30.3 Å². The quantitative estimate of drug-likeness (QED) is 0.937. The summed E-state index contributed by atoms with van der Waals surface area (Å²) in [6.07, 6.45) is 1.97. The van der Waals surface area contributed by atoms with E-state index < -0.39 is 6.09 Å². The number of nitrogens with one attached hydrogen (secondary N) is 1. The maximum atomic E-state index is 12.3. The highest BCUT2D eigenvalue weighted by atomic mass is 32.1. The van der Waals surface area contributed by atoms with Gasteiger partial charge >= 0.3 is 6.09 Å². The van der Waals surface area contributed by atoms with Crippen LogP contribution >= 0.6 is 11.3 Å². The van der Waals surface area contributed by atoms with Crippen LogP contribution in [0, 0.1) is 5.92 Å². The fourth-order valence-corrected chi connectivity index (χ4v) is 4.24. The Hall–Kier alpha value is -1.92. The summed E-state index contributed by atoms with van der Waals surface area (Å²) in [6, 6.07) is 9.95. The summed E-state index contributed by atoms with van der Waals surface area (Å²) < 4.78 is 5.66. The zero-order valence-electron chi connectivity index (χ0n) is 12.8. The number of benzene rings is 1. The summed E-state index contributed by atoms with van der Waals surface area (Å²) in [5, 5.41) is 2.82. The molecule has 6 heteroatoms. The second-order valence-corrected chi connectivity index (χ2v) is 6.98. The van der Waals surface area contributed by atoms with Crippen molar-refractivity contribution in [1.29, 1.82) is 0 Å². The average molecular weight is 329 g/mol. The molecule has 2 saturated heterocycles. The van der Waals surface area contributed by atoms with Crippen molar-refractivity contribution >= 4 is 23.2 Å². The molecular formula is C17H19N3O2S. The lowest BCUT2D eigenvalue weighted by Crippen LogP contribution is -2.28. The third-order valence-electron chi connectivity index (χ3n) is 4.59. The van der Waals surface area contributed by atoms with E-state index in [4.69, 9.17) is 4.74 Å². The number of nitrogens with zero attached hydrogens (tertiary/aromatic N) is 2. The highest BCUT2D eigenvalue weighted by Crippen LogP contribution is 2.32. The predicted molar refractivity (Wildman–Crippen MR) is 90.6 cm³/mol. The number of ether oxygens (including phenoxy) is 1. The van der Waals surface area contributed by atoms with Gasteiger partial charge in [-0.15, -0.1) is 11.3 Å². The Morgan fingerprint density at radius 2 is 2.17 bits per heavy atom. The number of fused-ring (bicyclic) bond motifs is 2. The molecule has 4 rings (SSSR count). The summed E-state index contributed by atoms with van der Waals surface area (Å²) in [5.74, 6) is 1.06. The molecule has 0 spiro atoms. The molecule has 3 unspecified atom stereocenters. The smallest absolute Gasteiger partial charge is 0.413 e. The molecule has 5 nitrogen and oxygen atoms in total. The van der Waals surface area contributed by atoms with Gasteiger partial charge in [0.05, 0.1) is 10.4 Å². The van der Waals surface area contributed by atoms with Crippen LogP contribution in [-0.2, 0) is 4.74 Å². The van der Waals surface area contributed by atoms with Crippen molar-refractivity contribution in [3.63, 3.8) is 0 Å². The maximum Gasteiger partial charge on any atom is 0.413 e. The van der Waals surface area contributed by atoms with Gasteiger partial charge in [0.1, 0.15) is 6.10 Å². The van der Waals surface area contributed by atoms with Gasteiger partial charge in [0.15, 0.2) is 5.82 Å². The summed E-state index contributed by atoms with van der Waals surface area (Å²) in [4.78, 5) is 19.9. The number of anilines is 1. The van der Waals surface area contributed by atoms with Gasteiger partial charge in [-0.05, 0) is 24.9 Å². The predicted octanol–water partition coefficient (Wildman–Crippen LogP) is 3.45. The summed E-state index contributed by atoms with van der Waals surface area (Å²) >= 11 is 1.51. The van der Waals surface area contributed by atoms with Gasteiger partial charge in [0, 0.05) is 19.0 Å². The molecular weight excluding hydrogens is 310 g/mol. The number of piperidine rings is 1. The lowest BCUT2D eigenvalue weighted by atomic mass is 9.99. The minimum Gasteiger partial charge on any atom is -0.444 e. The average Bonchev–Trinajstić information content (AvgIpc) is 3.13. The van der Waals surface area contributed by atoms with Gasteiger partial charge in [-0.25, -0.2) is 9.78 Å². The number of amides is 1. The van der Waals surface area contributed by atoms with Gasteiger partial charge < -0.3 is 4.74 Å². The highest BCUT2D eigenvalue weighted by Gasteiger charge is 2.37. The normalized spacial score (nSPS) is 26.0. The van der Waals surface area contributed by atoms with Gasteiger partial charge in [-0.3, -0.25) is 10.2 Å². The van der Waals surface area contributed by atoms with Crippen LogP contribution in [0.25, 0.3) is 10.4 Å². The van der Waals surface area contributed by atoms with Gasteiger partial charge in [-0.1, -0.05) is 30.3 Å². The fourth-order valence-electron chi connectivity index (χ4n) is 3.49. The number of aromatic nitrogens is 1. The fraction of sp³-hybridized carbons (Fsp3) is 0.412. The molecule has 1 aromatic carbocycles. The zero-order valence-corrected chi connectivity index (χ0v) is 13.6. The third kappa shape index (κ3) is 3.09. The largest absolute Gasteiger partial charge is 0.444 e. The molecule has 2 aromatic rings. The molecule has 1 aromatic heterocycles. The molecule has 23 heavy (non-hydrogen) atoms. The number of hydrogen-bond donors (Lipinski definition) is 1. The molecule has 2 aliphatic heterocycles. The van der Waals surface area contributed by atoms with E-state index in [1.54, 1.807) is 5.51 Å². The first-order valence-electron chi connectivity index (χ1n) is 7.98. The lowest BCUT2D eigenvalue weighted by molar-refractivity contribution is 0.0943. The Morgan fingerprint density at radius 1 is 1.30 bits per heavy atom. The van der Waals surface area contributed by atoms with E-state index in [9.17, 15) is 4.79 Å². The van der Waals surface area contributed by atoms with Crippen LogP contribution in [0.15, 0.2) is 35.8 Å². The van der Waals surface area contributed by atoms with Crippen molar-refractivity contribution in [1.82, 2.24) is 9.88 Å². The molecule has 0 aliphatic carbocycles. The van der Waals surface area contributed by atoms with Crippen LogP contribution in [-0.4, -0.2) is 41.7 Å². The molecule has 1 amide bonds. The van der Waals surface area contributed by atoms with E-state index in [-0.39, 0.29) is 6.10 Å². The molecule has 0 radical (unpaired) electrons. The van der Waals surface area contributed by atoms with E-state index >= 15 is 0 Å². The highest BCUT2D eigenvalue weighted by molar-refractivity contribution is 7.13. The van der Waals surface area contributed by atoms with Crippen molar-refractivity contribution in [2.24, 2.45) is 5.92 Å². The first kappa shape index (κ1) is 14.7. The lowest BCUT2D eigenvalue weighted by Gasteiger charge is -2.21. The van der Waals surface area contributed by atoms with Crippen molar-refractivity contribution in [2.45, 2.75) is 18.9 Å². The van der Waals surface area contributed by atoms with Crippen molar-refractivity contribution < 1.29 is 9.53 Å². The van der Waals surface area contributed by atoms with Crippen LogP contribution in [0.2, 0.25) is 0 Å². The van der Waals surface area contributed by atoms with Gasteiger partial charge in [0.25, 0.3) is 0 Å².